The molecule has 144 valence electrons. The second kappa shape index (κ2) is 5.58. The van der Waals surface area contributed by atoms with E-state index in [0.717, 1.165) is 0 Å². The fourth-order valence-corrected chi connectivity index (χ4v) is 3.74. The van der Waals surface area contributed by atoms with Crippen molar-refractivity contribution >= 4 is 11.9 Å². The van der Waals surface area contributed by atoms with Gasteiger partial charge in [-0.2, -0.15) is 0 Å². The Balaban J connectivity index is 1.59. The fourth-order valence-electron chi connectivity index (χ4n) is 3.74. The van der Waals surface area contributed by atoms with Crippen molar-refractivity contribution in [2.24, 2.45) is 0 Å². The summed E-state index contributed by atoms with van der Waals surface area (Å²) in [6, 6.07) is 4.43. The van der Waals surface area contributed by atoms with Crippen molar-refractivity contribution in [2.75, 3.05) is 13.4 Å². The van der Waals surface area contributed by atoms with Gasteiger partial charge in [-0.1, -0.05) is 0 Å². The van der Waals surface area contributed by atoms with Gasteiger partial charge >= 0.3 is 0 Å². The molecule has 0 saturated carbocycles. The highest BCUT2D eigenvalue weighted by molar-refractivity contribution is 6.08. The summed E-state index contributed by atoms with van der Waals surface area (Å²) in [4.78, 5) is 13.2. The van der Waals surface area contributed by atoms with Crippen molar-refractivity contribution in [3.63, 3.8) is 0 Å². The lowest BCUT2D eigenvalue weighted by Crippen LogP contribution is -2.30. The van der Waals surface area contributed by atoms with Gasteiger partial charge in [-0.15, -0.1) is 0 Å². The van der Waals surface area contributed by atoms with Gasteiger partial charge < -0.3 is 29.2 Å². The number of phenolic OH excluding ortho intramolecular Hbond substituents is 2. The van der Waals surface area contributed by atoms with E-state index in [1.54, 1.807) is 6.07 Å². The van der Waals surface area contributed by atoms with E-state index in [1.165, 1.54) is 12.1 Å². The van der Waals surface area contributed by atoms with Crippen molar-refractivity contribution < 1.29 is 34.0 Å². The molecule has 0 fully saturated rings. The summed E-state index contributed by atoms with van der Waals surface area (Å²) in [5.74, 6) is 0.216. The molecule has 7 nitrogen and oxygen atoms in total. The van der Waals surface area contributed by atoms with Gasteiger partial charge in [-0.3, -0.25) is 4.79 Å². The van der Waals surface area contributed by atoms with Crippen LogP contribution in [0.3, 0.4) is 0 Å². The number of fused-ring (bicyclic) bond motifs is 4. The van der Waals surface area contributed by atoms with E-state index < -0.39 is 11.5 Å². The molecule has 3 aliphatic heterocycles. The fraction of sp³-hybridized carbons (Fsp3) is 0.286. The molecule has 3 aliphatic rings. The lowest BCUT2D eigenvalue weighted by molar-refractivity contribution is 0.0888. The van der Waals surface area contributed by atoms with Crippen LogP contribution in [-0.4, -0.2) is 35.0 Å². The van der Waals surface area contributed by atoms with Crippen molar-refractivity contribution in [1.29, 1.82) is 0 Å². The summed E-state index contributed by atoms with van der Waals surface area (Å²) in [6.07, 6.45) is 3.71. The van der Waals surface area contributed by atoms with Crippen LogP contribution in [0.5, 0.6) is 34.5 Å². The van der Waals surface area contributed by atoms with Gasteiger partial charge in [0.2, 0.25) is 6.79 Å². The molecule has 0 spiro atoms. The van der Waals surface area contributed by atoms with Gasteiger partial charge in [-0.05, 0) is 32.1 Å². The van der Waals surface area contributed by atoms with Gasteiger partial charge in [0.25, 0.3) is 0 Å². The highest BCUT2D eigenvalue weighted by Gasteiger charge is 2.38. The summed E-state index contributed by atoms with van der Waals surface area (Å²) >= 11 is 0. The Bertz CT molecular complexity index is 1050. The Morgan fingerprint density at radius 2 is 1.71 bits per heavy atom. The van der Waals surface area contributed by atoms with E-state index in [9.17, 15) is 15.0 Å². The van der Waals surface area contributed by atoms with Crippen LogP contribution in [0.1, 0.15) is 41.3 Å². The zero-order valence-corrected chi connectivity index (χ0v) is 15.3. The number of aromatic hydroxyl groups is 2. The van der Waals surface area contributed by atoms with E-state index in [4.69, 9.17) is 18.9 Å². The molecule has 2 aromatic rings. The van der Waals surface area contributed by atoms with E-state index in [1.807, 2.05) is 26.0 Å². The number of hydrogen-bond donors (Lipinski definition) is 2. The van der Waals surface area contributed by atoms with Gasteiger partial charge in [-0.25, -0.2) is 0 Å². The molecule has 1 atom stereocenters. The smallest absolute Gasteiger partial charge is 0.231 e. The lowest BCUT2D eigenvalue weighted by Gasteiger charge is -2.32. The number of carbonyl (C=O) groups excluding carboxylic acids is 1. The Kier molecular flexibility index (Phi) is 3.34. The third kappa shape index (κ3) is 2.39. The molecule has 2 N–H and O–H groups in total. The molecule has 0 bridgehead atoms. The summed E-state index contributed by atoms with van der Waals surface area (Å²) in [7, 11) is 0. The highest BCUT2D eigenvalue weighted by atomic mass is 16.7. The number of benzene rings is 2. The predicted octanol–water partition coefficient (Wildman–Crippen LogP) is 3.37. The first-order chi connectivity index (χ1) is 13.3. The molecule has 28 heavy (non-hydrogen) atoms. The third-order valence-electron chi connectivity index (χ3n) is 5.14. The largest absolute Gasteiger partial charge is 0.507 e. The molecule has 7 heteroatoms. The van der Waals surface area contributed by atoms with E-state index >= 15 is 0 Å². The SMILES string of the molecule is CC1(C)C=Cc2c(cc(O)c3c2OC[C@H](c2cc4c(cc2O)OCO4)C3=O)O1. The first-order valence-corrected chi connectivity index (χ1v) is 8.92. The number of hydrogen-bond acceptors (Lipinski definition) is 7. The Morgan fingerprint density at radius 3 is 2.50 bits per heavy atom. The number of carbonyl (C=O) groups is 1. The van der Waals surface area contributed by atoms with Crippen LogP contribution in [0.2, 0.25) is 0 Å². The van der Waals surface area contributed by atoms with Crippen LogP contribution in [0.25, 0.3) is 6.08 Å². The molecule has 0 radical (unpaired) electrons. The number of ketones is 1. The van der Waals surface area contributed by atoms with E-state index in [-0.39, 0.29) is 36.2 Å². The minimum Gasteiger partial charge on any atom is -0.507 e. The molecule has 0 unspecified atom stereocenters. The van der Waals surface area contributed by atoms with Crippen LogP contribution in [-0.2, 0) is 0 Å². The second-order valence-electron chi connectivity index (χ2n) is 7.54. The van der Waals surface area contributed by atoms with E-state index in [2.05, 4.69) is 0 Å². The van der Waals surface area contributed by atoms with Crippen LogP contribution < -0.4 is 18.9 Å². The van der Waals surface area contributed by atoms with Crippen LogP contribution >= 0.6 is 0 Å². The average molecular weight is 382 g/mol. The Morgan fingerprint density at radius 1 is 1.00 bits per heavy atom. The molecule has 0 amide bonds. The zero-order chi connectivity index (χ0) is 19.6. The molecular formula is C21H18O7. The van der Waals surface area contributed by atoms with Crippen molar-refractivity contribution in [3.05, 3.63) is 41.0 Å². The molecular weight excluding hydrogens is 364 g/mol. The summed E-state index contributed by atoms with van der Waals surface area (Å²) in [6.45, 7) is 3.87. The number of phenols is 2. The van der Waals surface area contributed by atoms with Gasteiger partial charge in [0, 0.05) is 17.7 Å². The first-order valence-electron chi connectivity index (χ1n) is 8.92. The lowest BCUT2D eigenvalue weighted by atomic mass is 9.86. The number of ether oxygens (including phenoxy) is 4. The molecule has 0 aromatic heterocycles. The molecule has 2 aromatic carbocycles. The minimum atomic E-state index is -0.782. The summed E-state index contributed by atoms with van der Waals surface area (Å²) < 4.78 is 22.4. The van der Waals surface area contributed by atoms with Gasteiger partial charge in [0.05, 0.1) is 11.5 Å². The molecule has 0 aliphatic carbocycles. The summed E-state index contributed by atoms with van der Waals surface area (Å²) in [5, 5.41) is 20.9. The van der Waals surface area contributed by atoms with Crippen molar-refractivity contribution in [3.8, 4) is 34.5 Å². The Hall–Kier alpha value is -3.35. The zero-order valence-electron chi connectivity index (χ0n) is 15.3. The number of rotatable bonds is 1. The maximum atomic E-state index is 13.2. The topological polar surface area (TPSA) is 94.5 Å². The van der Waals surface area contributed by atoms with Gasteiger partial charge in [0.1, 0.15) is 40.8 Å². The molecule has 3 heterocycles. The minimum absolute atomic E-state index is 0.0200. The second-order valence-corrected chi connectivity index (χ2v) is 7.54. The standard InChI is InChI=1S/C21H18O7/c1-21(2)4-3-10-15(28-21)7-14(23)18-19(24)12(8-25-20(10)18)11-5-16-17(6-13(11)22)27-9-26-16/h3-7,12,22-23H,8-9H2,1-2H3/t12-/m1/s1. The molecule has 0 saturated heterocycles. The van der Waals surface area contributed by atoms with Gasteiger partial charge in [0.15, 0.2) is 17.3 Å². The number of Topliss-reactive ketones (excluding diaryl/α,β-unsaturated/α-hetero) is 1. The van der Waals surface area contributed by atoms with Crippen LogP contribution in [0.15, 0.2) is 24.3 Å². The monoisotopic (exact) mass is 382 g/mol. The molecule has 5 rings (SSSR count). The van der Waals surface area contributed by atoms with Crippen molar-refractivity contribution in [1.82, 2.24) is 0 Å². The summed E-state index contributed by atoms with van der Waals surface area (Å²) in [5.41, 5.74) is 0.548. The normalized spacial score (nSPS) is 20.8. The predicted molar refractivity (Wildman–Crippen MR) is 98.6 cm³/mol. The maximum Gasteiger partial charge on any atom is 0.231 e. The van der Waals surface area contributed by atoms with Crippen LogP contribution in [0.4, 0.5) is 0 Å². The highest BCUT2D eigenvalue weighted by Crippen LogP contribution is 2.49. The average Bonchev–Trinajstić information content (AvgIpc) is 3.07. The first kappa shape index (κ1) is 16.8. The quantitative estimate of drug-likeness (QED) is 0.781. The van der Waals surface area contributed by atoms with Crippen LogP contribution in [0, 0.1) is 0 Å². The maximum absolute atomic E-state index is 13.2. The third-order valence-corrected chi connectivity index (χ3v) is 5.14. The van der Waals surface area contributed by atoms with Crippen molar-refractivity contribution in [2.45, 2.75) is 25.4 Å². The Labute approximate surface area is 160 Å². The van der Waals surface area contributed by atoms with E-state index in [0.29, 0.717) is 34.1 Å².